The molecule has 1 aromatic carbocycles. The minimum atomic E-state index is -0.819. The Labute approximate surface area is 109 Å². The Morgan fingerprint density at radius 2 is 2.12 bits per heavy atom. The molecule has 1 aliphatic rings. The second kappa shape index (κ2) is 4.39. The summed E-state index contributed by atoms with van der Waals surface area (Å²) < 4.78 is 5.26. The third kappa shape index (κ3) is 2.35. The average molecular weight is 275 g/mol. The van der Waals surface area contributed by atoms with E-state index in [1.165, 1.54) is 7.11 Å². The maximum absolute atomic E-state index is 10.9. The first kappa shape index (κ1) is 12.5. The fourth-order valence-corrected chi connectivity index (χ4v) is 2.71. The van der Waals surface area contributed by atoms with Gasteiger partial charge in [-0.15, -0.1) is 0 Å². The summed E-state index contributed by atoms with van der Waals surface area (Å²) >= 11 is 12.0. The number of carbonyl (C=O) groups is 1. The maximum atomic E-state index is 10.9. The van der Waals surface area contributed by atoms with Crippen LogP contribution in [0.25, 0.3) is 0 Å². The fraction of sp³-hybridized carbons (Fsp3) is 0.417. The van der Waals surface area contributed by atoms with Crippen molar-refractivity contribution < 1.29 is 14.6 Å². The summed E-state index contributed by atoms with van der Waals surface area (Å²) in [6.45, 7) is 0. The molecule has 0 unspecified atom stereocenters. The van der Waals surface area contributed by atoms with Crippen molar-refractivity contribution in [2.45, 2.75) is 24.7 Å². The molecule has 3 nitrogen and oxygen atoms in total. The summed E-state index contributed by atoms with van der Waals surface area (Å²) in [6.07, 6.45) is 1.73. The lowest BCUT2D eigenvalue weighted by Crippen LogP contribution is -2.14. The van der Waals surface area contributed by atoms with Gasteiger partial charge in [0.15, 0.2) is 0 Å². The van der Waals surface area contributed by atoms with Gasteiger partial charge in [0.1, 0.15) is 5.75 Å². The molecule has 1 saturated carbocycles. The van der Waals surface area contributed by atoms with E-state index in [0.717, 1.165) is 18.4 Å². The van der Waals surface area contributed by atoms with Crippen LogP contribution in [0, 0.1) is 0 Å². The summed E-state index contributed by atoms with van der Waals surface area (Å²) in [7, 11) is 1.52. The van der Waals surface area contributed by atoms with E-state index < -0.39 is 5.97 Å². The molecule has 1 N–H and O–H groups in total. The van der Waals surface area contributed by atoms with E-state index in [-0.39, 0.29) is 11.8 Å². The fourth-order valence-electron chi connectivity index (χ4n) is 2.14. The molecular weight excluding hydrogens is 263 g/mol. The first-order valence-electron chi connectivity index (χ1n) is 5.24. The van der Waals surface area contributed by atoms with E-state index in [1.807, 2.05) is 0 Å². The van der Waals surface area contributed by atoms with Crippen LogP contribution in [0.2, 0.25) is 10.0 Å². The Balaban J connectivity index is 2.47. The molecule has 5 heteroatoms. The lowest BCUT2D eigenvalue weighted by Gasteiger charge is -2.18. The van der Waals surface area contributed by atoms with E-state index in [0.29, 0.717) is 15.8 Å². The molecule has 1 aliphatic carbocycles. The van der Waals surface area contributed by atoms with Crippen LogP contribution in [-0.4, -0.2) is 18.2 Å². The van der Waals surface area contributed by atoms with Crippen molar-refractivity contribution in [2.75, 3.05) is 7.11 Å². The van der Waals surface area contributed by atoms with Gasteiger partial charge in [-0.25, -0.2) is 0 Å². The van der Waals surface area contributed by atoms with Crippen molar-refractivity contribution in [1.82, 2.24) is 0 Å². The van der Waals surface area contributed by atoms with E-state index in [1.54, 1.807) is 12.1 Å². The molecule has 0 atom stereocenters. The smallest absolute Gasteiger partial charge is 0.304 e. The number of benzene rings is 1. The molecule has 0 amide bonds. The Bertz CT molecular complexity index is 467. The molecule has 2 rings (SSSR count). The van der Waals surface area contributed by atoms with Crippen LogP contribution in [0.5, 0.6) is 5.75 Å². The second-order valence-corrected chi connectivity index (χ2v) is 5.16. The van der Waals surface area contributed by atoms with Crippen molar-refractivity contribution >= 4 is 29.2 Å². The van der Waals surface area contributed by atoms with Crippen molar-refractivity contribution in [1.29, 1.82) is 0 Å². The van der Waals surface area contributed by atoms with Crippen LogP contribution in [-0.2, 0) is 10.2 Å². The molecule has 92 valence electrons. The third-order valence-corrected chi connectivity index (χ3v) is 3.63. The van der Waals surface area contributed by atoms with E-state index >= 15 is 0 Å². The van der Waals surface area contributed by atoms with Crippen LogP contribution in [0.4, 0.5) is 0 Å². The Hall–Kier alpha value is -0.930. The number of rotatable bonds is 4. The number of methoxy groups -OCH3 is 1. The predicted octanol–water partition coefficient (Wildman–Crippen LogP) is 3.51. The van der Waals surface area contributed by atoms with Crippen LogP contribution < -0.4 is 4.74 Å². The van der Waals surface area contributed by atoms with E-state index in [2.05, 4.69) is 0 Å². The van der Waals surface area contributed by atoms with Gasteiger partial charge in [0.05, 0.1) is 18.6 Å². The van der Waals surface area contributed by atoms with E-state index in [4.69, 9.17) is 33.0 Å². The van der Waals surface area contributed by atoms with Crippen molar-refractivity contribution in [3.05, 3.63) is 27.7 Å². The van der Waals surface area contributed by atoms with Gasteiger partial charge in [0.25, 0.3) is 0 Å². The topological polar surface area (TPSA) is 46.5 Å². The molecule has 0 saturated heterocycles. The van der Waals surface area contributed by atoms with Crippen molar-refractivity contribution in [3.63, 3.8) is 0 Å². The van der Waals surface area contributed by atoms with Crippen molar-refractivity contribution in [2.24, 2.45) is 0 Å². The van der Waals surface area contributed by atoms with Gasteiger partial charge in [0.2, 0.25) is 0 Å². The zero-order chi connectivity index (χ0) is 12.6. The standard InChI is InChI=1S/C12H12Cl2O3/c1-17-11-8(4-7(13)5-9(11)14)12(2-3-12)6-10(15)16/h4-5H,2-3,6H2,1H3,(H,15,16). The number of aliphatic carboxylic acids is 1. The number of hydrogen-bond acceptors (Lipinski definition) is 2. The first-order valence-corrected chi connectivity index (χ1v) is 5.99. The van der Waals surface area contributed by atoms with Gasteiger partial charge in [-0.3, -0.25) is 4.79 Å². The molecule has 0 radical (unpaired) electrons. The lowest BCUT2D eigenvalue weighted by molar-refractivity contribution is -0.137. The molecular formula is C12H12Cl2O3. The van der Waals surface area contributed by atoms with Gasteiger partial charge in [-0.1, -0.05) is 23.2 Å². The zero-order valence-electron chi connectivity index (χ0n) is 9.30. The molecule has 1 fully saturated rings. The van der Waals surface area contributed by atoms with Crippen LogP contribution in [0.15, 0.2) is 12.1 Å². The highest BCUT2D eigenvalue weighted by Crippen LogP contribution is 2.55. The average Bonchev–Trinajstić information content (AvgIpc) is 2.96. The molecule has 0 heterocycles. The maximum Gasteiger partial charge on any atom is 0.304 e. The van der Waals surface area contributed by atoms with Crippen LogP contribution >= 0.6 is 23.2 Å². The number of hydrogen-bond donors (Lipinski definition) is 1. The van der Waals surface area contributed by atoms with Gasteiger partial charge in [0, 0.05) is 16.0 Å². The zero-order valence-corrected chi connectivity index (χ0v) is 10.8. The normalized spacial score (nSPS) is 16.6. The predicted molar refractivity (Wildman–Crippen MR) is 66.2 cm³/mol. The number of carboxylic acids is 1. The Kier molecular flexibility index (Phi) is 3.23. The Morgan fingerprint density at radius 3 is 2.59 bits per heavy atom. The third-order valence-electron chi connectivity index (χ3n) is 3.13. The summed E-state index contributed by atoms with van der Waals surface area (Å²) in [5, 5.41) is 9.87. The van der Waals surface area contributed by atoms with Crippen LogP contribution in [0.3, 0.4) is 0 Å². The van der Waals surface area contributed by atoms with Gasteiger partial charge in [-0.2, -0.15) is 0 Å². The minimum absolute atomic E-state index is 0.0834. The molecule has 1 aromatic rings. The molecule has 0 spiro atoms. The largest absolute Gasteiger partial charge is 0.495 e. The lowest BCUT2D eigenvalue weighted by atomic mass is 9.91. The SMILES string of the molecule is COc1c(Cl)cc(Cl)cc1C1(CC(=O)O)CC1. The highest BCUT2D eigenvalue weighted by molar-refractivity contribution is 6.35. The number of halogens is 2. The van der Waals surface area contributed by atoms with Crippen LogP contribution in [0.1, 0.15) is 24.8 Å². The van der Waals surface area contributed by atoms with Crippen molar-refractivity contribution in [3.8, 4) is 5.75 Å². The summed E-state index contributed by atoms with van der Waals surface area (Å²) in [5.41, 5.74) is 0.450. The summed E-state index contributed by atoms with van der Waals surface area (Å²) in [4.78, 5) is 10.9. The monoisotopic (exact) mass is 274 g/mol. The first-order chi connectivity index (χ1) is 7.98. The van der Waals surface area contributed by atoms with Gasteiger partial charge >= 0.3 is 5.97 Å². The van der Waals surface area contributed by atoms with E-state index in [9.17, 15) is 4.79 Å². The molecule has 0 bridgehead atoms. The number of carboxylic acid groups (broad SMARTS) is 1. The van der Waals surface area contributed by atoms with Gasteiger partial charge in [-0.05, 0) is 25.0 Å². The molecule has 17 heavy (non-hydrogen) atoms. The molecule has 0 aromatic heterocycles. The quantitative estimate of drug-likeness (QED) is 0.914. The second-order valence-electron chi connectivity index (χ2n) is 4.32. The summed E-state index contributed by atoms with van der Waals surface area (Å²) in [6, 6.07) is 3.35. The highest BCUT2D eigenvalue weighted by Gasteiger charge is 2.48. The minimum Gasteiger partial charge on any atom is -0.495 e. The molecule has 0 aliphatic heterocycles. The highest BCUT2D eigenvalue weighted by atomic mass is 35.5. The van der Waals surface area contributed by atoms with Gasteiger partial charge < -0.3 is 9.84 Å². The Morgan fingerprint density at radius 1 is 1.47 bits per heavy atom. The summed E-state index contributed by atoms with van der Waals surface area (Å²) in [5.74, 6) is -0.282. The number of ether oxygens (including phenoxy) is 1.